The molecule has 6 heteroatoms. The van der Waals surface area contributed by atoms with E-state index in [9.17, 15) is 0 Å². The van der Waals surface area contributed by atoms with Crippen LogP contribution >= 0.6 is 11.8 Å². The van der Waals surface area contributed by atoms with E-state index in [4.69, 9.17) is 9.41 Å². The summed E-state index contributed by atoms with van der Waals surface area (Å²) in [4.78, 5) is 13.3. The zero-order chi connectivity index (χ0) is 17.1. The van der Waals surface area contributed by atoms with Crippen molar-refractivity contribution in [3.05, 3.63) is 36.3 Å². The minimum absolute atomic E-state index is 0.200. The first kappa shape index (κ1) is 18.1. The molecule has 124 valence electrons. The van der Waals surface area contributed by atoms with E-state index in [1.165, 1.54) is 11.8 Å². The van der Waals surface area contributed by atoms with Crippen molar-refractivity contribution in [2.45, 2.75) is 50.7 Å². The van der Waals surface area contributed by atoms with Gasteiger partial charge >= 0.3 is 0 Å². The Kier molecular flexibility index (Phi) is 5.60. The van der Waals surface area contributed by atoms with E-state index in [0.717, 1.165) is 22.1 Å². The van der Waals surface area contributed by atoms with Crippen LogP contribution in [0.25, 0.3) is 11.3 Å². The molecular formula is C17H25N3OSSi. The summed E-state index contributed by atoms with van der Waals surface area (Å²) in [6, 6.07) is 6.00. The first-order valence-electron chi connectivity index (χ1n) is 7.69. The maximum atomic E-state index is 6.25. The largest absolute Gasteiger partial charge is 0.411 e. The minimum atomic E-state index is -1.76. The van der Waals surface area contributed by atoms with Gasteiger partial charge in [-0.1, -0.05) is 38.6 Å². The molecule has 2 aromatic rings. The van der Waals surface area contributed by atoms with E-state index in [1.54, 1.807) is 0 Å². The molecule has 0 N–H and O–H groups in total. The van der Waals surface area contributed by atoms with Crippen LogP contribution in [0.4, 0.5) is 0 Å². The van der Waals surface area contributed by atoms with Gasteiger partial charge in [-0.05, 0) is 36.5 Å². The van der Waals surface area contributed by atoms with E-state index < -0.39 is 8.32 Å². The van der Waals surface area contributed by atoms with Crippen molar-refractivity contribution >= 4 is 20.1 Å². The number of pyridine rings is 1. The highest BCUT2D eigenvalue weighted by atomic mass is 32.2. The third-order valence-corrected chi connectivity index (χ3v) is 9.35. The van der Waals surface area contributed by atoms with Crippen molar-refractivity contribution < 1.29 is 4.43 Å². The molecule has 0 radical (unpaired) electrons. The number of rotatable bonds is 5. The number of hydrogen-bond acceptors (Lipinski definition) is 5. The topological polar surface area (TPSA) is 47.9 Å². The summed E-state index contributed by atoms with van der Waals surface area (Å²) in [5.74, 6) is 0. The summed E-state index contributed by atoms with van der Waals surface area (Å²) < 4.78 is 6.25. The Morgan fingerprint density at radius 3 is 2.35 bits per heavy atom. The van der Waals surface area contributed by atoms with Gasteiger partial charge in [-0.15, -0.1) is 0 Å². The molecule has 2 heterocycles. The average Bonchev–Trinajstić information content (AvgIpc) is 2.52. The quantitative estimate of drug-likeness (QED) is 0.442. The van der Waals surface area contributed by atoms with E-state index in [-0.39, 0.29) is 5.04 Å². The summed E-state index contributed by atoms with van der Waals surface area (Å²) >= 11 is 1.53. The molecule has 0 aliphatic carbocycles. The van der Waals surface area contributed by atoms with Crippen molar-refractivity contribution in [2.24, 2.45) is 0 Å². The van der Waals surface area contributed by atoms with Crippen LogP contribution in [0.15, 0.2) is 35.7 Å². The molecule has 0 fully saturated rings. The summed E-state index contributed by atoms with van der Waals surface area (Å²) in [6.07, 6.45) is 5.60. The molecule has 23 heavy (non-hydrogen) atoms. The van der Waals surface area contributed by atoms with E-state index in [0.29, 0.717) is 6.61 Å². The molecule has 2 aromatic heterocycles. The molecule has 0 atom stereocenters. The second-order valence-corrected chi connectivity index (χ2v) is 12.6. The Morgan fingerprint density at radius 1 is 1.13 bits per heavy atom. The van der Waals surface area contributed by atoms with Crippen LogP contribution in [-0.4, -0.2) is 29.5 Å². The highest BCUT2D eigenvalue weighted by molar-refractivity contribution is 7.98. The standard InChI is InChI=1S/C17H25N3OSSi/c1-17(2,3)23(5,6)21-12-14-8-7-9-15(20-14)13-10-18-16(22-4)19-11-13/h7-11H,12H2,1-6H3. The number of hydrogen-bond donors (Lipinski definition) is 0. The highest BCUT2D eigenvalue weighted by Gasteiger charge is 2.37. The smallest absolute Gasteiger partial charge is 0.192 e. The van der Waals surface area contributed by atoms with Crippen LogP contribution in [0, 0.1) is 0 Å². The summed E-state index contributed by atoms with van der Waals surface area (Å²) in [5.41, 5.74) is 2.76. The minimum Gasteiger partial charge on any atom is -0.411 e. The van der Waals surface area contributed by atoms with Gasteiger partial charge in [-0.2, -0.15) is 0 Å². The van der Waals surface area contributed by atoms with Gasteiger partial charge in [0.25, 0.3) is 0 Å². The van der Waals surface area contributed by atoms with Crippen molar-refractivity contribution in [1.82, 2.24) is 15.0 Å². The van der Waals surface area contributed by atoms with Gasteiger partial charge in [0, 0.05) is 18.0 Å². The molecule has 0 aliphatic rings. The number of nitrogens with zero attached hydrogens (tertiary/aromatic N) is 3. The Balaban J connectivity index is 2.13. The first-order valence-corrected chi connectivity index (χ1v) is 11.8. The molecule has 0 unspecified atom stereocenters. The second-order valence-electron chi connectivity index (χ2n) is 7.02. The predicted octanol–water partition coefficient (Wildman–Crippen LogP) is 4.78. The third-order valence-electron chi connectivity index (χ3n) is 4.30. The molecule has 0 spiro atoms. The van der Waals surface area contributed by atoms with Gasteiger partial charge in [0.15, 0.2) is 13.5 Å². The lowest BCUT2D eigenvalue weighted by Crippen LogP contribution is -2.40. The predicted molar refractivity (Wildman–Crippen MR) is 99.0 cm³/mol. The van der Waals surface area contributed by atoms with Gasteiger partial charge in [-0.25, -0.2) is 9.97 Å². The van der Waals surface area contributed by atoms with Gasteiger partial charge in [0.05, 0.1) is 18.0 Å². The van der Waals surface area contributed by atoms with E-state index in [2.05, 4.69) is 43.8 Å². The molecule has 0 bridgehead atoms. The summed E-state index contributed by atoms with van der Waals surface area (Å²) in [7, 11) is -1.76. The lowest BCUT2D eigenvalue weighted by molar-refractivity contribution is 0.272. The molecule has 2 rings (SSSR count). The Hall–Kier alpha value is -1.24. The molecule has 0 saturated carbocycles. The van der Waals surface area contributed by atoms with Gasteiger partial charge in [-0.3, -0.25) is 4.98 Å². The molecule has 0 saturated heterocycles. The number of thioether (sulfide) groups is 1. The fourth-order valence-corrected chi connectivity index (χ4v) is 3.00. The fourth-order valence-electron chi connectivity index (χ4n) is 1.75. The van der Waals surface area contributed by atoms with Crippen LogP contribution < -0.4 is 0 Å². The van der Waals surface area contributed by atoms with Crippen LogP contribution in [0.2, 0.25) is 18.1 Å². The Morgan fingerprint density at radius 2 is 1.78 bits per heavy atom. The van der Waals surface area contributed by atoms with Crippen LogP contribution in [0.3, 0.4) is 0 Å². The normalized spacial score (nSPS) is 12.4. The Labute approximate surface area is 144 Å². The molecule has 0 aliphatic heterocycles. The van der Waals surface area contributed by atoms with Crippen molar-refractivity contribution in [3.8, 4) is 11.3 Å². The summed E-state index contributed by atoms with van der Waals surface area (Å²) in [5, 5.41) is 0.970. The monoisotopic (exact) mass is 347 g/mol. The Bertz CT molecular complexity index is 654. The highest BCUT2D eigenvalue weighted by Crippen LogP contribution is 2.37. The first-order chi connectivity index (χ1) is 10.7. The van der Waals surface area contributed by atoms with Crippen LogP contribution in [0.1, 0.15) is 26.5 Å². The summed E-state index contributed by atoms with van der Waals surface area (Å²) in [6.45, 7) is 11.8. The zero-order valence-corrected chi connectivity index (χ0v) is 16.6. The van der Waals surface area contributed by atoms with E-state index >= 15 is 0 Å². The van der Waals surface area contributed by atoms with Gasteiger partial charge < -0.3 is 4.43 Å². The van der Waals surface area contributed by atoms with Gasteiger partial charge in [0.1, 0.15) is 0 Å². The SMILES string of the molecule is CSc1ncc(-c2cccc(CO[Si](C)(C)C(C)(C)C)n2)cn1. The van der Waals surface area contributed by atoms with Crippen molar-refractivity contribution in [2.75, 3.05) is 6.26 Å². The second kappa shape index (κ2) is 7.11. The molecule has 0 amide bonds. The molecule has 4 nitrogen and oxygen atoms in total. The number of aromatic nitrogens is 3. The average molecular weight is 348 g/mol. The lowest BCUT2D eigenvalue weighted by atomic mass is 10.2. The lowest BCUT2D eigenvalue weighted by Gasteiger charge is -2.36. The molecule has 0 aromatic carbocycles. The third kappa shape index (κ3) is 4.62. The molecular weight excluding hydrogens is 322 g/mol. The maximum absolute atomic E-state index is 6.25. The van der Waals surface area contributed by atoms with Crippen LogP contribution in [0.5, 0.6) is 0 Å². The van der Waals surface area contributed by atoms with Crippen LogP contribution in [-0.2, 0) is 11.0 Å². The van der Waals surface area contributed by atoms with E-state index in [1.807, 2.05) is 36.8 Å². The maximum Gasteiger partial charge on any atom is 0.192 e. The zero-order valence-electron chi connectivity index (χ0n) is 14.8. The van der Waals surface area contributed by atoms with Crippen molar-refractivity contribution in [1.29, 1.82) is 0 Å². The van der Waals surface area contributed by atoms with Gasteiger partial charge in [0.2, 0.25) is 0 Å². The van der Waals surface area contributed by atoms with Crippen molar-refractivity contribution in [3.63, 3.8) is 0 Å². The fraction of sp³-hybridized carbons (Fsp3) is 0.471.